The monoisotopic (exact) mass is 240 g/mol. The van der Waals surface area contributed by atoms with E-state index in [1.165, 1.54) is 25.7 Å². The number of thioether (sulfide) groups is 1. The maximum atomic E-state index is 5.42. The molecule has 1 aliphatic carbocycles. The molecule has 0 saturated heterocycles. The van der Waals surface area contributed by atoms with Gasteiger partial charge in [0.2, 0.25) is 0 Å². The first-order valence-electron chi connectivity index (χ1n) is 6.11. The van der Waals surface area contributed by atoms with Crippen molar-refractivity contribution in [1.82, 2.24) is 10.3 Å². The predicted molar refractivity (Wildman–Crippen MR) is 66.8 cm³/mol. The molecule has 1 N–H and O–H groups in total. The van der Waals surface area contributed by atoms with Crippen LogP contribution in [0.5, 0.6) is 0 Å². The molecule has 1 aliphatic rings. The summed E-state index contributed by atoms with van der Waals surface area (Å²) in [5, 5.41) is 5.01. The van der Waals surface area contributed by atoms with Crippen LogP contribution in [0.4, 0.5) is 0 Å². The lowest BCUT2D eigenvalue weighted by atomic mass is 9.95. The summed E-state index contributed by atoms with van der Waals surface area (Å²) in [4.78, 5) is 4.37. The Morgan fingerprint density at radius 3 is 3.00 bits per heavy atom. The third-order valence-electron chi connectivity index (χ3n) is 3.02. The number of hydrogen-bond acceptors (Lipinski definition) is 4. The summed E-state index contributed by atoms with van der Waals surface area (Å²) in [5.74, 6) is 0. The topological polar surface area (TPSA) is 38.1 Å². The molecule has 4 heteroatoms. The van der Waals surface area contributed by atoms with E-state index in [1.54, 1.807) is 18.0 Å². The third kappa shape index (κ3) is 3.01. The zero-order valence-electron chi connectivity index (χ0n) is 10.0. The lowest BCUT2D eigenvalue weighted by Crippen LogP contribution is -2.40. The number of nitrogens with one attached hydrogen (secondary N) is 1. The summed E-state index contributed by atoms with van der Waals surface area (Å²) in [6.45, 7) is 5.19. The maximum Gasteiger partial charge on any atom is 0.256 e. The van der Waals surface area contributed by atoms with Crippen molar-refractivity contribution >= 4 is 11.8 Å². The van der Waals surface area contributed by atoms with Gasteiger partial charge < -0.3 is 9.73 Å². The number of nitrogens with zero attached hydrogens (tertiary/aromatic N) is 1. The molecule has 2 unspecified atom stereocenters. The summed E-state index contributed by atoms with van der Waals surface area (Å²) >= 11 is 1.79. The van der Waals surface area contributed by atoms with Crippen LogP contribution in [-0.2, 0) is 0 Å². The number of rotatable bonds is 4. The molecule has 1 aromatic heterocycles. The van der Waals surface area contributed by atoms with E-state index in [9.17, 15) is 0 Å². The molecule has 3 nitrogen and oxygen atoms in total. The van der Waals surface area contributed by atoms with Gasteiger partial charge in [0.05, 0.1) is 5.69 Å². The van der Waals surface area contributed by atoms with E-state index in [1.807, 2.05) is 6.92 Å². The average molecular weight is 240 g/mol. The Bertz CT molecular complexity index is 325. The molecule has 0 aliphatic heterocycles. The van der Waals surface area contributed by atoms with Crippen LogP contribution < -0.4 is 5.32 Å². The molecule has 2 rings (SSSR count). The van der Waals surface area contributed by atoms with Crippen molar-refractivity contribution in [1.29, 1.82) is 0 Å². The Kier molecular flexibility index (Phi) is 4.29. The minimum atomic E-state index is 0.617. The fourth-order valence-electron chi connectivity index (χ4n) is 2.25. The van der Waals surface area contributed by atoms with Crippen LogP contribution in [0.1, 0.15) is 38.3 Å². The van der Waals surface area contributed by atoms with E-state index in [4.69, 9.17) is 4.42 Å². The van der Waals surface area contributed by atoms with Crippen molar-refractivity contribution in [3.05, 3.63) is 12.0 Å². The summed E-state index contributed by atoms with van der Waals surface area (Å²) in [7, 11) is 0. The second kappa shape index (κ2) is 5.73. The fourth-order valence-corrected chi connectivity index (χ4v) is 3.49. The van der Waals surface area contributed by atoms with Crippen LogP contribution >= 0.6 is 11.8 Å². The molecule has 2 atom stereocenters. The molecule has 1 fully saturated rings. The van der Waals surface area contributed by atoms with Crippen molar-refractivity contribution < 1.29 is 4.42 Å². The van der Waals surface area contributed by atoms with Gasteiger partial charge >= 0.3 is 0 Å². The molecule has 0 amide bonds. The van der Waals surface area contributed by atoms with Gasteiger partial charge in [-0.2, -0.15) is 0 Å². The normalized spacial score (nSPS) is 25.9. The zero-order chi connectivity index (χ0) is 11.4. The van der Waals surface area contributed by atoms with E-state index in [0.717, 1.165) is 17.5 Å². The molecule has 0 spiro atoms. The SMILES string of the molecule is CCNC1CCCCC1Sc1nc(C)co1. The molecule has 0 aromatic carbocycles. The van der Waals surface area contributed by atoms with Gasteiger partial charge in [0.1, 0.15) is 6.26 Å². The van der Waals surface area contributed by atoms with Crippen LogP contribution in [0.2, 0.25) is 0 Å². The predicted octanol–water partition coefficient (Wildman–Crippen LogP) is 3.00. The maximum absolute atomic E-state index is 5.42. The first kappa shape index (κ1) is 12.0. The molecule has 90 valence electrons. The standard InChI is InChI=1S/C12H20N2OS/c1-3-13-10-6-4-5-7-11(10)16-12-14-9(2)8-15-12/h8,10-11,13H,3-7H2,1-2H3. The van der Waals surface area contributed by atoms with Crippen molar-refractivity contribution in [2.75, 3.05) is 6.54 Å². The zero-order valence-corrected chi connectivity index (χ0v) is 10.8. The molecule has 16 heavy (non-hydrogen) atoms. The van der Waals surface area contributed by atoms with Gasteiger partial charge in [0.25, 0.3) is 5.22 Å². The van der Waals surface area contributed by atoms with Crippen LogP contribution in [0.15, 0.2) is 15.9 Å². The van der Waals surface area contributed by atoms with Gasteiger partial charge in [0, 0.05) is 11.3 Å². The van der Waals surface area contributed by atoms with E-state index < -0.39 is 0 Å². The highest BCUT2D eigenvalue weighted by Gasteiger charge is 2.26. The van der Waals surface area contributed by atoms with Crippen molar-refractivity contribution in [3.8, 4) is 0 Å². The quantitative estimate of drug-likeness (QED) is 0.878. The second-order valence-corrected chi connectivity index (χ2v) is 5.55. The summed E-state index contributed by atoms with van der Waals surface area (Å²) in [6.07, 6.45) is 6.96. The lowest BCUT2D eigenvalue weighted by Gasteiger charge is -2.30. The van der Waals surface area contributed by atoms with Gasteiger partial charge in [-0.3, -0.25) is 0 Å². The van der Waals surface area contributed by atoms with Crippen LogP contribution in [-0.4, -0.2) is 22.8 Å². The Balaban J connectivity index is 1.95. The van der Waals surface area contributed by atoms with Crippen molar-refractivity contribution in [2.45, 2.75) is 56.0 Å². The second-order valence-electron chi connectivity index (χ2n) is 4.36. The van der Waals surface area contributed by atoms with E-state index in [-0.39, 0.29) is 0 Å². The number of aryl methyl sites for hydroxylation is 1. The van der Waals surface area contributed by atoms with Crippen LogP contribution in [0.25, 0.3) is 0 Å². The first-order valence-corrected chi connectivity index (χ1v) is 6.99. The molecule has 0 bridgehead atoms. The largest absolute Gasteiger partial charge is 0.440 e. The summed E-state index contributed by atoms with van der Waals surface area (Å²) in [5.41, 5.74) is 0.971. The van der Waals surface area contributed by atoms with Crippen LogP contribution in [0, 0.1) is 6.92 Å². The highest BCUT2D eigenvalue weighted by molar-refractivity contribution is 7.99. The average Bonchev–Trinajstić information content (AvgIpc) is 2.67. The van der Waals surface area contributed by atoms with Gasteiger partial charge in [0.15, 0.2) is 0 Å². The molecule has 1 aromatic rings. The number of aromatic nitrogens is 1. The first-order chi connectivity index (χ1) is 7.79. The lowest BCUT2D eigenvalue weighted by molar-refractivity contribution is 0.385. The molecular weight excluding hydrogens is 220 g/mol. The minimum Gasteiger partial charge on any atom is -0.440 e. The molecule has 0 radical (unpaired) electrons. The number of oxazole rings is 1. The van der Waals surface area contributed by atoms with E-state index in [0.29, 0.717) is 11.3 Å². The smallest absolute Gasteiger partial charge is 0.256 e. The van der Waals surface area contributed by atoms with E-state index >= 15 is 0 Å². The third-order valence-corrected chi connectivity index (χ3v) is 4.28. The number of hydrogen-bond donors (Lipinski definition) is 1. The molecular formula is C12H20N2OS. The van der Waals surface area contributed by atoms with Gasteiger partial charge in [-0.15, -0.1) is 0 Å². The van der Waals surface area contributed by atoms with Gasteiger partial charge in [-0.05, 0) is 26.3 Å². The summed E-state index contributed by atoms with van der Waals surface area (Å²) < 4.78 is 5.42. The Hall–Kier alpha value is -0.480. The minimum absolute atomic E-state index is 0.617. The Morgan fingerprint density at radius 1 is 1.50 bits per heavy atom. The Morgan fingerprint density at radius 2 is 2.31 bits per heavy atom. The molecule has 1 heterocycles. The summed E-state index contributed by atoms with van der Waals surface area (Å²) in [6, 6.07) is 0.621. The van der Waals surface area contributed by atoms with Gasteiger partial charge in [-0.1, -0.05) is 31.5 Å². The van der Waals surface area contributed by atoms with Gasteiger partial charge in [-0.25, -0.2) is 4.98 Å². The van der Waals surface area contributed by atoms with Crippen molar-refractivity contribution in [3.63, 3.8) is 0 Å². The highest BCUT2D eigenvalue weighted by atomic mass is 32.2. The molecule has 1 saturated carbocycles. The van der Waals surface area contributed by atoms with E-state index in [2.05, 4.69) is 17.2 Å². The van der Waals surface area contributed by atoms with Crippen LogP contribution in [0.3, 0.4) is 0 Å². The fraction of sp³-hybridized carbons (Fsp3) is 0.750. The van der Waals surface area contributed by atoms with Crippen molar-refractivity contribution in [2.24, 2.45) is 0 Å². The Labute approximate surface area is 101 Å². The highest BCUT2D eigenvalue weighted by Crippen LogP contribution is 2.33.